The van der Waals surface area contributed by atoms with Crippen LogP contribution in [-0.4, -0.2) is 21.4 Å². The minimum atomic E-state index is 0.682. The summed E-state index contributed by atoms with van der Waals surface area (Å²) in [6.45, 7) is 8.92. The number of ether oxygens (including phenoxy) is 1. The van der Waals surface area contributed by atoms with Gasteiger partial charge in [0.2, 0.25) is 0 Å². The molecule has 21 heavy (non-hydrogen) atoms. The van der Waals surface area contributed by atoms with E-state index in [1.165, 1.54) is 16.8 Å². The monoisotopic (exact) mass is 281 g/mol. The quantitative estimate of drug-likeness (QED) is 0.734. The zero-order valence-electron chi connectivity index (χ0n) is 12.8. The van der Waals surface area contributed by atoms with Crippen molar-refractivity contribution in [1.82, 2.24) is 14.8 Å². The summed E-state index contributed by atoms with van der Waals surface area (Å²) in [6, 6.07) is 8.18. The molecule has 0 bridgehead atoms. The first-order valence-corrected chi connectivity index (χ1v) is 7.16. The molecule has 4 heteroatoms. The van der Waals surface area contributed by atoms with Crippen LogP contribution < -0.4 is 4.74 Å². The topological polar surface area (TPSA) is 39.9 Å². The van der Waals surface area contributed by atoms with Gasteiger partial charge in [0.15, 0.2) is 0 Å². The molecule has 0 atom stereocenters. The number of rotatable bonds is 3. The van der Waals surface area contributed by atoms with Gasteiger partial charge in [-0.15, -0.1) is 0 Å². The molecule has 0 N–H and O–H groups in total. The molecule has 0 aliphatic carbocycles. The number of hydrogen-bond acceptors (Lipinski definition) is 3. The molecule has 2 aromatic heterocycles. The summed E-state index contributed by atoms with van der Waals surface area (Å²) < 4.78 is 7.75. The van der Waals surface area contributed by atoms with Crippen molar-refractivity contribution in [3.63, 3.8) is 0 Å². The van der Waals surface area contributed by atoms with E-state index in [-0.39, 0.29) is 0 Å². The van der Waals surface area contributed by atoms with Gasteiger partial charge in [0, 0.05) is 27.8 Å². The third kappa shape index (κ3) is 2.17. The fourth-order valence-corrected chi connectivity index (χ4v) is 2.94. The molecule has 0 aliphatic heterocycles. The molecule has 2 heterocycles. The van der Waals surface area contributed by atoms with Crippen LogP contribution in [0, 0.1) is 20.8 Å². The van der Waals surface area contributed by atoms with Crippen molar-refractivity contribution in [2.24, 2.45) is 0 Å². The highest BCUT2D eigenvalue weighted by Gasteiger charge is 2.14. The largest absolute Gasteiger partial charge is 0.494 e. The van der Waals surface area contributed by atoms with Gasteiger partial charge in [-0.2, -0.15) is 10.2 Å². The molecule has 0 saturated carbocycles. The summed E-state index contributed by atoms with van der Waals surface area (Å²) in [5.74, 6) is 0.896. The lowest BCUT2D eigenvalue weighted by molar-refractivity contribution is 0.340. The maximum atomic E-state index is 5.51. The van der Waals surface area contributed by atoms with Gasteiger partial charge >= 0.3 is 0 Å². The fourth-order valence-electron chi connectivity index (χ4n) is 2.94. The smallest absolute Gasteiger partial charge is 0.119 e. The van der Waals surface area contributed by atoms with Crippen LogP contribution in [0.4, 0.5) is 0 Å². The van der Waals surface area contributed by atoms with Crippen LogP contribution in [0.5, 0.6) is 5.75 Å². The molecule has 0 radical (unpaired) electrons. The molecule has 4 nitrogen and oxygen atoms in total. The normalized spacial score (nSPS) is 11.0. The first-order valence-electron chi connectivity index (χ1n) is 7.16. The van der Waals surface area contributed by atoms with Crippen molar-refractivity contribution >= 4 is 10.8 Å². The van der Waals surface area contributed by atoms with Crippen molar-refractivity contribution in [1.29, 1.82) is 0 Å². The second-order valence-corrected chi connectivity index (χ2v) is 5.15. The minimum Gasteiger partial charge on any atom is -0.494 e. The van der Waals surface area contributed by atoms with Gasteiger partial charge in [-0.25, -0.2) is 0 Å². The molecular weight excluding hydrogens is 262 g/mol. The lowest BCUT2D eigenvalue weighted by Crippen LogP contribution is -1.99. The van der Waals surface area contributed by atoms with Gasteiger partial charge in [0.25, 0.3) is 0 Å². The second-order valence-electron chi connectivity index (χ2n) is 5.15. The molecule has 0 saturated heterocycles. The Hall–Kier alpha value is -2.36. The van der Waals surface area contributed by atoms with Gasteiger partial charge in [0.1, 0.15) is 5.75 Å². The van der Waals surface area contributed by atoms with Crippen LogP contribution in [0.1, 0.15) is 24.0 Å². The number of aryl methyl sites for hydroxylation is 3. The van der Waals surface area contributed by atoms with Crippen LogP contribution in [0.2, 0.25) is 0 Å². The van der Waals surface area contributed by atoms with Crippen molar-refractivity contribution in [3.8, 4) is 11.4 Å². The van der Waals surface area contributed by atoms with Crippen LogP contribution in [0.15, 0.2) is 30.5 Å². The Kier molecular flexibility index (Phi) is 3.37. The second kappa shape index (κ2) is 5.20. The van der Waals surface area contributed by atoms with Crippen molar-refractivity contribution in [3.05, 3.63) is 47.5 Å². The molecule has 0 aliphatic rings. The molecule has 0 spiro atoms. The summed E-state index contributed by atoms with van der Waals surface area (Å²) in [4.78, 5) is 0. The number of aromatic nitrogens is 3. The van der Waals surface area contributed by atoms with Crippen LogP contribution in [0.25, 0.3) is 16.5 Å². The third-order valence-corrected chi connectivity index (χ3v) is 3.85. The Morgan fingerprint density at radius 1 is 1.05 bits per heavy atom. The first kappa shape index (κ1) is 13.6. The van der Waals surface area contributed by atoms with Gasteiger partial charge < -0.3 is 9.30 Å². The van der Waals surface area contributed by atoms with E-state index in [1.807, 2.05) is 32.2 Å². The highest BCUT2D eigenvalue weighted by molar-refractivity contribution is 5.90. The highest BCUT2D eigenvalue weighted by atomic mass is 16.5. The maximum absolute atomic E-state index is 5.51. The average Bonchev–Trinajstić information content (AvgIpc) is 2.74. The van der Waals surface area contributed by atoms with Crippen LogP contribution in [0.3, 0.4) is 0 Å². The molecule has 0 fully saturated rings. The summed E-state index contributed by atoms with van der Waals surface area (Å²) in [6.07, 6.45) is 1.84. The molecule has 3 rings (SSSR count). The van der Waals surface area contributed by atoms with E-state index in [1.54, 1.807) is 0 Å². The Morgan fingerprint density at radius 2 is 1.76 bits per heavy atom. The van der Waals surface area contributed by atoms with E-state index < -0.39 is 0 Å². The highest BCUT2D eigenvalue weighted by Crippen LogP contribution is 2.29. The zero-order valence-corrected chi connectivity index (χ0v) is 12.8. The lowest BCUT2D eigenvalue weighted by atomic mass is 10.2. The molecule has 0 unspecified atom stereocenters. The summed E-state index contributed by atoms with van der Waals surface area (Å²) in [5.41, 5.74) is 4.48. The van der Waals surface area contributed by atoms with E-state index >= 15 is 0 Å². The SMILES string of the molecule is CCOc1ccc(-n2c(C)c3cnnc(C)c3c2C)cc1. The molecule has 0 amide bonds. The number of hydrogen-bond donors (Lipinski definition) is 0. The van der Waals surface area contributed by atoms with E-state index in [4.69, 9.17) is 4.74 Å². The number of benzene rings is 1. The first-order chi connectivity index (χ1) is 10.1. The third-order valence-electron chi connectivity index (χ3n) is 3.85. The van der Waals surface area contributed by atoms with Crippen LogP contribution >= 0.6 is 0 Å². The van der Waals surface area contributed by atoms with Crippen molar-refractivity contribution in [2.45, 2.75) is 27.7 Å². The Morgan fingerprint density at radius 3 is 2.38 bits per heavy atom. The van der Waals surface area contributed by atoms with E-state index in [0.29, 0.717) is 6.61 Å². The van der Waals surface area contributed by atoms with E-state index in [9.17, 15) is 0 Å². The average molecular weight is 281 g/mol. The lowest BCUT2D eigenvalue weighted by Gasteiger charge is -2.10. The van der Waals surface area contributed by atoms with E-state index in [2.05, 4.69) is 40.7 Å². The zero-order chi connectivity index (χ0) is 15.0. The van der Waals surface area contributed by atoms with Gasteiger partial charge in [0.05, 0.1) is 18.5 Å². The standard InChI is InChI=1S/C17H19N3O/c1-5-21-15-8-6-14(7-9-15)20-12(3)16-10-18-19-11(2)17(16)13(20)4/h6-10H,5H2,1-4H3. The summed E-state index contributed by atoms with van der Waals surface area (Å²) in [5, 5.41) is 10.6. The van der Waals surface area contributed by atoms with E-state index in [0.717, 1.165) is 22.5 Å². The van der Waals surface area contributed by atoms with Crippen molar-refractivity contribution < 1.29 is 4.74 Å². The maximum Gasteiger partial charge on any atom is 0.119 e. The summed E-state index contributed by atoms with van der Waals surface area (Å²) in [7, 11) is 0. The Balaban J connectivity index is 2.18. The summed E-state index contributed by atoms with van der Waals surface area (Å²) >= 11 is 0. The number of fused-ring (bicyclic) bond motifs is 1. The predicted octanol–water partition coefficient (Wildman–Crippen LogP) is 3.74. The molecule has 1 aromatic carbocycles. The number of nitrogens with zero attached hydrogens (tertiary/aromatic N) is 3. The van der Waals surface area contributed by atoms with Crippen LogP contribution in [-0.2, 0) is 0 Å². The minimum absolute atomic E-state index is 0.682. The fraction of sp³-hybridized carbons (Fsp3) is 0.294. The molecule has 108 valence electrons. The molecule has 3 aromatic rings. The molecular formula is C17H19N3O. The Bertz CT molecular complexity index is 788. The Labute approximate surface area is 124 Å². The predicted molar refractivity (Wildman–Crippen MR) is 84.2 cm³/mol. The van der Waals surface area contributed by atoms with Crippen molar-refractivity contribution in [2.75, 3.05) is 6.61 Å². The van der Waals surface area contributed by atoms with Gasteiger partial charge in [-0.05, 0) is 52.0 Å². The van der Waals surface area contributed by atoms with Gasteiger partial charge in [-0.1, -0.05) is 0 Å². The van der Waals surface area contributed by atoms with Gasteiger partial charge in [-0.3, -0.25) is 0 Å².